The molecule has 2 aromatic heterocycles. The number of anilines is 2. The van der Waals surface area contributed by atoms with Crippen molar-refractivity contribution < 1.29 is 4.79 Å². The predicted octanol–water partition coefficient (Wildman–Crippen LogP) is 0.813. The third kappa shape index (κ3) is 2.77. The highest BCUT2D eigenvalue weighted by molar-refractivity contribution is 7.17. The lowest BCUT2D eigenvalue weighted by atomic mass is 10.4. The van der Waals surface area contributed by atoms with Crippen LogP contribution < -0.4 is 21.7 Å². The second kappa shape index (κ2) is 5.50. The van der Waals surface area contributed by atoms with E-state index in [2.05, 4.69) is 25.9 Å². The maximum Gasteiger partial charge on any atom is 0.312 e. The van der Waals surface area contributed by atoms with Crippen LogP contribution in [0.25, 0.3) is 10.2 Å². The smallest absolute Gasteiger partial charge is 0.312 e. The maximum absolute atomic E-state index is 10.5. The molecule has 0 saturated carbocycles. The molecule has 8 heteroatoms. The van der Waals surface area contributed by atoms with Crippen LogP contribution in [-0.4, -0.2) is 36.1 Å². The third-order valence-electron chi connectivity index (χ3n) is 2.24. The van der Waals surface area contributed by atoms with Gasteiger partial charge in [-0.1, -0.05) is 0 Å². The van der Waals surface area contributed by atoms with Gasteiger partial charge in [-0.3, -0.25) is 0 Å². The number of urea groups is 1. The van der Waals surface area contributed by atoms with Gasteiger partial charge >= 0.3 is 6.03 Å². The largest absolute Gasteiger partial charge is 0.367 e. The number of nitrogens with one attached hydrogen (secondary N) is 3. The van der Waals surface area contributed by atoms with Crippen LogP contribution in [0.3, 0.4) is 0 Å². The summed E-state index contributed by atoms with van der Waals surface area (Å²) >= 11 is 1.57. The number of hydrogen-bond donors (Lipinski definition) is 4. The number of carbonyl (C=O) groups excluding carboxylic acids is 1. The number of nitrogens with two attached hydrogens (primary N) is 1. The SMILES string of the molecule is CNc1nc(NCCNC(N)=O)c2sccc2n1. The fourth-order valence-electron chi connectivity index (χ4n) is 1.46. The molecule has 0 bridgehead atoms. The lowest BCUT2D eigenvalue weighted by Crippen LogP contribution is -2.33. The highest BCUT2D eigenvalue weighted by Crippen LogP contribution is 2.26. The normalized spacial score (nSPS) is 10.3. The van der Waals surface area contributed by atoms with Gasteiger partial charge in [-0.15, -0.1) is 11.3 Å². The maximum atomic E-state index is 10.5. The van der Waals surface area contributed by atoms with E-state index in [0.29, 0.717) is 19.0 Å². The Morgan fingerprint density at radius 1 is 1.44 bits per heavy atom. The summed E-state index contributed by atoms with van der Waals surface area (Å²) in [6, 6.07) is 1.41. The quantitative estimate of drug-likeness (QED) is 0.599. The van der Waals surface area contributed by atoms with E-state index in [1.807, 2.05) is 11.4 Å². The highest BCUT2D eigenvalue weighted by Gasteiger charge is 2.07. The molecule has 0 aliphatic carbocycles. The Morgan fingerprint density at radius 2 is 2.28 bits per heavy atom. The number of hydrogen-bond acceptors (Lipinski definition) is 6. The van der Waals surface area contributed by atoms with Crippen LogP contribution in [0.1, 0.15) is 0 Å². The van der Waals surface area contributed by atoms with Gasteiger partial charge in [0.1, 0.15) is 5.82 Å². The van der Waals surface area contributed by atoms with E-state index in [-0.39, 0.29) is 0 Å². The topological polar surface area (TPSA) is 105 Å². The summed E-state index contributed by atoms with van der Waals surface area (Å²) < 4.78 is 0.994. The first-order valence-corrected chi connectivity index (χ1v) is 6.29. The summed E-state index contributed by atoms with van der Waals surface area (Å²) in [6.45, 7) is 0.997. The summed E-state index contributed by atoms with van der Waals surface area (Å²) in [5.41, 5.74) is 5.87. The fourth-order valence-corrected chi connectivity index (χ4v) is 2.26. The van der Waals surface area contributed by atoms with Crippen molar-refractivity contribution in [2.24, 2.45) is 5.73 Å². The molecule has 0 radical (unpaired) electrons. The summed E-state index contributed by atoms with van der Waals surface area (Å²) in [5, 5.41) is 10.5. The molecule has 0 aliphatic rings. The first-order valence-electron chi connectivity index (χ1n) is 5.41. The molecule has 96 valence electrons. The van der Waals surface area contributed by atoms with Crippen LogP contribution in [0.4, 0.5) is 16.6 Å². The molecular formula is C10H14N6OS. The van der Waals surface area contributed by atoms with Crippen LogP contribution in [0.15, 0.2) is 11.4 Å². The van der Waals surface area contributed by atoms with Crippen LogP contribution in [0.2, 0.25) is 0 Å². The van der Waals surface area contributed by atoms with E-state index in [9.17, 15) is 4.79 Å². The molecular weight excluding hydrogens is 252 g/mol. The highest BCUT2D eigenvalue weighted by atomic mass is 32.1. The van der Waals surface area contributed by atoms with Gasteiger partial charge in [-0.25, -0.2) is 9.78 Å². The summed E-state index contributed by atoms with van der Waals surface area (Å²) in [4.78, 5) is 19.2. The lowest BCUT2D eigenvalue weighted by Gasteiger charge is -2.08. The molecule has 5 N–H and O–H groups in total. The van der Waals surface area contributed by atoms with Gasteiger partial charge in [0.25, 0.3) is 0 Å². The zero-order chi connectivity index (χ0) is 13.0. The van der Waals surface area contributed by atoms with E-state index in [1.165, 1.54) is 0 Å². The zero-order valence-electron chi connectivity index (χ0n) is 9.86. The first kappa shape index (κ1) is 12.4. The molecule has 0 spiro atoms. The third-order valence-corrected chi connectivity index (χ3v) is 3.15. The second-order valence-corrected chi connectivity index (χ2v) is 4.41. The summed E-state index contributed by atoms with van der Waals surface area (Å²) in [7, 11) is 1.77. The Kier molecular flexibility index (Phi) is 3.78. The van der Waals surface area contributed by atoms with Gasteiger partial charge < -0.3 is 21.7 Å². The fraction of sp³-hybridized carbons (Fsp3) is 0.300. The minimum atomic E-state index is -0.531. The average molecular weight is 266 g/mol. The van der Waals surface area contributed by atoms with E-state index in [0.717, 1.165) is 16.0 Å². The van der Waals surface area contributed by atoms with Crippen molar-refractivity contribution in [2.75, 3.05) is 30.8 Å². The molecule has 0 atom stereocenters. The van der Waals surface area contributed by atoms with E-state index in [1.54, 1.807) is 18.4 Å². The van der Waals surface area contributed by atoms with Gasteiger partial charge in [0.15, 0.2) is 0 Å². The van der Waals surface area contributed by atoms with Gasteiger partial charge in [-0.2, -0.15) is 4.98 Å². The van der Waals surface area contributed by atoms with Crippen molar-refractivity contribution >= 4 is 39.4 Å². The van der Waals surface area contributed by atoms with Crippen molar-refractivity contribution in [2.45, 2.75) is 0 Å². The predicted molar refractivity (Wildman–Crippen MR) is 73.0 cm³/mol. The van der Waals surface area contributed by atoms with Gasteiger partial charge in [0.05, 0.1) is 10.2 Å². The Labute approximate surface area is 108 Å². The van der Waals surface area contributed by atoms with Crippen molar-refractivity contribution in [3.63, 3.8) is 0 Å². The average Bonchev–Trinajstić information content (AvgIpc) is 2.82. The monoisotopic (exact) mass is 266 g/mol. The Morgan fingerprint density at radius 3 is 3.00 bits per heavy atom. The molecule has 2 rings (SSSR count). The summed E-state index contributed by atoms with van der Waals surface area (Å²) in [6.07, 6.45) is 0. The molecule has 0 fully saturated rings. The van der Waals surface area contributed by atoms with Crippen molar-refractivity contribution in [3.05, 3.63) is 11.4 Å². The number of fused-ring (bicyclic) bond motifs is 1. The Balaban J connectivity index is 2.10. The number of nitrogens with zero attached hydrogens (tertiary/aromatic N) is 2. The minimum Gasteiger partial charge on any atom is -0.367 e. The van der Waals surface area contributed by atoms with Crippen LogP contribution in [0.5, 0.6) is 0 Å². The van der Waals surface area contributed by atoms with E-state index >= 15 is 0 Å². The zero-order valence-corrected chi connectivity index (χ0v) is 10.7. The molecule has 2 aromatic rings. The molecule has 2 amide bonds. The van der Waals surface area contributed by atoms with E-state index < -0.39 is 6.03 Å². The molecule has 0 unspecified atom stereocenters. The molecule has 0 saturated heterocycles. The van der Waals surface area contributed by atoms with Crippen molar-refractivity contribution in [1.82, 2.24) is 15.3 Å². The molecule has 0 aromatic carbocycles. The number of aromatic nitrogens is 2. The van der Waals surface area contributed by atoms with Crippen LogP contribution in [-0.2, 0) is 0 Å². The number of carbonyl (C=O) groups is 1. The number of rotatable bonds is 5. The number of primary amides is 1. The molecule has 2 heterocycles. The summed E-state index contributed by atoms with van der Waals surface area (Å²) in [5.74, 6) is 1.32. The van der Waals surface area contributed by atoms with Crippen molar-refractivity contribution in [3.8, 4) is 0 Å². The van der Waals surface area contributed by atoms with Crippen LogP contribution >= 0.6 is 11.3 Å². The molecule has 18 heavy (non-hydrogen) atoms. The number of thiophene rings is 1. The Hall–Kier alpha value is -2.09. The van der Waals surface area contributed by atoms with Crippen LogP contribution in [0, 0.1) is 0 Å². The van der Waals surface area contributed by atoms with Gasteiger partial charge in [0.2, 0.25) is 5.95 Å². The number of amides is 2. The van der Waals surface area contributed by atoms with E-state index in [4.69, 9.17) is 5.73 Å². The lowest BCUT2D eigenvalue weighted by molar-refractivity contribution is 0.249. The minimum absolute atomic E-state index is 0.446. The standard InChI is InChI=1S/C10H14N6OS/c1-12-10-15-6-2-5-18-7(6)8(16-10)13-3-4-14-9(11)17/h2,5H,3-4H2,1H3,(H3,11,14,17)(H2,12,13,15,16). The molecule has 7 nitrogen and oxygen atoms in total. The molecule has 0 aliphatic heterocycles. The first-order chi connectivity index (χ1) is 8.70. The van der Waals surface area contributed by atoms with Crippen molar-refractivity contribution in [1.29, 1.82) is 0 Å². The van der Waals surface area contributed by atoms with Gasteiger partial charge in [0, 0.05) is 20.1 Å². The van der Waals surface area contributed by atoms with Gasteiger partial charge in [-0.05, 0) is 11.4 Å². The Bertz CT molecular complexity index is 554. The second-order valence-electron chi connectivity index (χ2n) is 3.50.